The minimum Gasteiger partial charge on any atom is -0.360 e. The fourth-order valence-electron chi connectivity index (χ4n) is 4.03. The largest absolute Gasteiger partial charge is 0.360 e. The van der Waals surface area contributed by atoms with Crippen molar-refractivity contribution in [3.05, 3.63) is 53.6 Å². The SMILES string of the molecule is CC1(C)C(=O)Nc2ccccc2N1C(=O)CN1CCCc2cc(F)cc(F)c21. The second kappa shape index (κ2) is 6.58. The Morgan fingerprint density at radius 1 is 1.21 bits per heavy atom. The quantitative estimate of drug-likeness (QED) is 0.861. The summed E-state index contributed by atoms with van der Waals surface area (Å²) < 4.78 is 28.0. The van der Waals surface area contributed by atoms with Gasteiger partial charge in [-0.2, -0.15) is 0 Å². The molecule has 0 atom stereocenters. The van der Waals surface area contributed by atoms with Crippen molar-refractivity contribution in [1.82, 2.24) is 0 Å². The summed E-state index contributed by atoms with van der Waals surface area (Å²) in [7, 11) is 0. The fourth-order valence-corrected chi connectivity index (χ4v) is 4.03. The summed E-state index contributed by atoms with van der Waals surface area (Å²) >= 11 is 0. The van der Waals surface area contributed by atoms with Crippen LogP contribution in [-0.4, -0.2) is 30.4 Å². The van der Waals surface area contributed by atoms with E-state index in [9.17, 15) is 18.4 Å². The molecule has 0 radical (unpaired) electrons. The van der Waals surface area contributed by atoms with Gasteiger partial charge in [-0.25, -0.2) is 8.78 Å². The van der Waals surface area contributed by atoms with E-state index in [1.54, 1.807) is 43.0 Å². The molecule has 0 aromatic heterocycles. The monoisotopic (exact) mass is 385 g/mol. The molecule has 4 rings (SSSR count). The molecule has 1 N–H and O–H groups in total. The lowest BCUT2D eigenvalue weighted by atomic mass is 9.95. The molecule has 0 spiro atoms. The zero-order valence-electron chi connectivity index (χ0n) is 15.8. The number of halogens is 2. The highest BCUT2D eigenvalue weighted by molar-refractivity contribution is 6.14. The van der Waals surface area contributed by atoms with Crippen molar-refractivity contribution in [2.75, 3.05) is 28.2 Å². The molecule has 0 saturated heterocycles. The van der Waals surface area contributed by atoms with Crippen LogP contribution in [0.4, 0.5) is 25.8 Å². The smallest absolute Gasteiger partial charge is 0.250 e. The number of amides is 2. The van der Waals surface area contributed by atoms with Gasteiger partial charge in [0.05, 0.1) is 23.6 Å². The summed E-state index contributed by atoms with van der Waals surface area (Å²) in [5.74, 6) is -1.89. The Morgan fingerprint density at radius 3 is 2.75 bits per heavy atom. The minimum atomic E-state index is -1.09. The Kier molecular flexibility index (Phi) is 4.33. The maximum Gasteiger partial charge on any atom is 0.250 e. The van der Waals surface area contributed by atoms with Crippen LogP contribution in [0.1, 0.15) is 25.8 Å². The van der Waals surface area contributed by atoms with Crippen LogP contribution >= 0.6 is 0 Å². The van der Waals surface area contributed by atoms with E-state index in [-0.39, 0.29) is 24.0 Å². The average Bonchev–Trinajstić information content (AvgIpc) is 2.62. The first kappa shape index (κ1) is 18.4. The van der Waals surface area contributed by atoms with Gasteiger partial charge in [0.2, 0.25) is 11.8 Å². The van der Waals surface area contributed by atoms with Crippen molar-refractivity contribution in [2.45, 2.75) is 32.2 Å². The summed E-state index contributed by atoms with van der Waals surface area (Å²) in [5.41, 5.74) is 0.910. The van der Waals surface area contributed by atoms with E-state index in [0.717, 1.165) is 6.07 Å². The third-order valence-corrected chi connectivity index (χ3v) is 5.38. The molecule has 2 amide bonds. The zero-order valence-corrected chi connectivity index (χ0v) is 15.8. The lowest BCUT2D eigenvalue weighted by Crippen LogP contribution is -2.60. The molecule has 2 aromatic rings. The van der Waals surface area contributed by atoms with Gasteiger partial charge in [-0.15, -0.1) is 0 Å². The second-order valence-corrected chi connectivity index (χ2v) is 7.68. The van der Waals surface area contributed by atoms with Gasteiger partial charge < -0.3 is 10.2 Å². The summed E-state index contributed by atoms with van der Waals surface area (Å²) in [4.78, 5) is 29.0. The second-order valence-electron chi connectivity index (χ2n) is 7.68. The molecule has 0 saturated carbocycles. The number of anilines is 3. The van der Waals surface area contributed by atoms with E-state index in [0.29, 0.717) is 36.3 Å². The van der Waals surface area contributed by atoms with Gasteiger partial charge in [-0.05, 0) is 50.5 Å². The van der Waals surface area contributed by atoms with Gasteiger partial charge >= 0.3 is 0 Å². The van der Waals surface area contributed by atoms with Gasteiger partial charge in [0.15, 0.2) is 0 Å². The maximum atomic E-state index is 14.5. The molecule has 0 bridgehead atoms. The maximum absolute atomic E-state index is 14.5. The molecule has 146 valence electrons. The lowest BCUT2D eigenvalue weighted by molar-refractivity contribution is -0.125. The molecule has 0 aliphatic carbocycles. The Morgan fingerprint density at radius 2 is 1.96 bits per heavy atom. The van der Waals surface area contributed by atoms with Crippen LogP contribution in [0.5, 0.6) is 0 Å². The number of hydrogen-bond acceptors (Lipinski definition) is 3. The van der Waals surface area contributed by atoms with Gasteiger partial charge in [0, 0.05) is 12.6 Å². The predicted molar refractivity (Wildman–Crippen MR) is 104 cm³/mol. The Labute approximate surface area is 161 Å². The number of fused-ring (bicyclic) bond motifs is 2. The highest BCUT2D eigenvalue weighted by Gasteiger charge is 2.44. The summed E-state index contributed by atoms with van der Waals surface area (Å²) in [6.45, 7) is 3.75. The zero-order chi connectivity index (χ0) is 20.1. The number of para-hydroxylation sites is 2. The number of nitrogens with zero attached hydrogens (tertiary/aromatic N) is 2. The third kappa shape index (κ3) is 2.91. The highest BCUT2D eigenvalue weighted by atomic mass is 19.1. The van der Waals surface area contributed by atoms with E-state index in [1.165, 1.54) is 11.0 Å². The molecule has 0 fully saturated rings. The molecule has 2 aliphatic heterocycles. The van der Waals surface area contributed by atoms with Crippen molar-refractivity contribution in [3.8, 4) is 0 Å². The number of carbonyl (C=O) groups excluding carboxylic acids is 2. The van der Waals surface area contributed by atoms with E-state index < -0.39 is 17.2 Å². The Hall–Kier alpha value is -2.96. The number of hydrogen-bond donors (Lipinski definition) is 1. The molecule has 0 unspecified atom stereocenters. The van der Waals surface area contributed by atoms with Crippen molar-refractivity contribution < 1.29 is 18.4 Å². The molecule has 28 heavy (non-hydrogen) atoms. The first-order chi connectivity index (χ1) is 13.3. The standard InChI is InChI=1S/C21H21F2N3O2/c1-21(2)20(28)24-16-7-3-4-8-17(16)26(21)18(27)12-25-9-5-6-13-10-14(22)11-15(23)19(13)25/h3-4,7-8,10-11H,5-6,9,12H2,1-2H3,(H,24,28). The molecule has 2 heterocycles. The number of benzene rings is 2. The topological polar surface area (TPSA) is 52.7 Å². The van der Waals surface area contributed by atoms with Gasteiger partial charge in [0.25, 0.3) is 0 Å². The van der Waals surface area contributed by atoms with Crippen LogP contribution in [0.25, 0.3) is 0 Å². The first-order valence-corrected chi connectivity index (χ1v) is 9.25. The number of carbonyl (C=O) groups is 2. The van der Waals surface area contributed by atoms with Crippen LogP contribution in [0.3, 0.4) is 0 Å². The van der Waals surface area contributed by atoms with Crippen molar-refractivity contribution in [1.29, 1.82) is 0 Å². The third-order valence-electron chi connectivity index (χ3n) is 5.38. The Bertz CT molecular complexity index is 974. The van der Waals surface area contributed by atoms with Crippen molar-refractivity contribution in [2.24, 2.45) is 0 Å². The van der Waals surface area contributed by atoms with Gasteiger partial charge in [-0.1, -0.05) is 12.1 Å². The lowest BCUT2D eigenvalue weighted by Gasteiger charge is -2.43. The number of aryl methyl sites for hydroxylation is 1. The van der Waals surface area contributed by atoms with E-state index in [4.69, 9.17) is 0 Å². The molecule has 5 nitrogen and oxygen atoms in total. The molecular formula is C21H21F2N3O2. The van der Waals surface area contributed by atoms with Crippen LogP contribution < -0.4 is 15.1 Å². The predicted octanol–water partition coefficient (Wildman–Crippen LogP) is 3.48. The first-order valence-electron chi connectivity index (χ1n) is 9.25. The van der Waals surface area contributed by atoms with E-state index >= 15 is 0 Å². The molecular weight excluding hydrogens is 364 g/mol. The average molecular weight is 385 g/mol. The summed E-state index contributed by atoms with van der Waals surface area (Å²) in [6, 6.07) is 9.25. The normalized spacial score (nSPS) is 17.6. The van der Waals surface area contributed by atoms with Crippen LogP contribution in [0.2, 0.25) is 0 Å². The molecule has 7 heteroatoms. The van der Waals surface area contributed by atoms with Crippen molar-refractivity contribution in [3.63, 3.8) is 0 Å². The minimum absolute atomic E-state index is 0.0966. The number of nitrogens with one attached hydrogen (secondary N) is 1. The fraction of sp³-hybridized carbons (Fsp3) is 0.333. The van der Waals surface area contributed by atoms with E-state index in [1.807, 2.05) is 0 Å². The Balaban J connectivity index is 1.69. The van der Waals surface area contributed by atoms with Crippen molar-refractivity contribution >= 4 is 28.9 Å². The molecule has 2 aliphatic rings. The van der Waals surface area contributed by atoms with Crippen LogP contribution in [0.15, 0.2) is 36.4 Å². The molecule has 2 aromatic carbocycles. The summed E-state index contributed by atoms with van der Waals surface area (Å²) in [6.07, 6.45) is 1.26. The van der Waals surface area contributed by atoms with Crippen LogP contribution in [-0.2, 0) is 16.0 Å². The van der Waals surface area contributed by atoms with Gasteiger partial charge in [-0.3, -0.25) is 14.5 Å². The van der Waals surface area contributed by atoms with E-state index in [2.05, 4.69) is 5.32 Å². The van der Waals surface area contributed by atoms with Crippen LogP contribution in [0, 0.1) is 11.6 Å². The summed E-state index contributed by atoms with van der Waals surface area (Å²) in [5, 5.41) is 2.82. The van der Waals surface area contributed by atoms with Gasteiger partial charge in [0.1, 0.15) is 17.2 Å². The highest BCUT2D eigenvalue weighted by Crippen LogP contribution is 2.37. The number of rotatable bonds is 2.